The van der Waals surface area contributed by atoms with Gasteiger partial charge in [-0.05, 0) is 36.8 Å². The molecule has 3 rings (SSSR count). The molecule has 1 aliphatic rings. The van der Waals surface area contributed by atoms with Crippen molar-refractivity contribution < 1.29 is 13.2 Å². The van der Waals surface area contributed by atoms with Crippen LogP contribution in [0.2, 0.25) is 0 Å². The first-order chi connectivity index (χ1) is 11.4. The van der Waals surface area contributed by atoms with Crippen molar-refractivity contribution in [1.82, 2.24) is 13.8 Å². The maximum Gasteiger partial charge on any atom is 0.276 e. The van der Waals surface area contributed by atoms with E-state index in [1.54, 1.807) is 11.0 Å². The van der Waals surface area contributed by atoms with E-state index in [9.17, 15) is 13.2 Å². The number of aromatic nitrogens is 1. The summed E-state index contributed by atoms with van der Waals surface area (Å²) in [6.07, 6.45) is 4.40. The van der Waals surface area contributed by atoms with E-state index < -0.39 is 10.2 Å². The number of carbonyl (C=O) groups excluding carboxylic acids is 1. The predicted molar refractivity (Wildman–Crippen MR) is 91.0 cm³/mol. The maximum absolute atomic E-state index is 12.7. The molecule has 1 aromatic heterocycles. The highest BCUT2D eigenvalue weighted by Crippen LogP contribution is 2.15. The van der Waals surface area contributed by atoms with Gasteiger partial charge in [0.15, 0.2) is 0 Å². The summed E-state index contributed by atoms with van der Waals surface area (Å²) in [7, 11) is -3.71. The quantitative estimate of drug-likeness (QED) is 0.891. The summed E-state index contributed by atoms with van der Waals surface area (Å²) in [6, 6.07) is 11.2. The fraction of sp³-hybridized carbons (Fsp3) is 0.312. The Morgan fingerprint density at radius 1 is 1.00 bits per heavy atom. The minimum Gasteiger partial charge on any atom is -0.337 e. The number of nitrogens with zero attached hydrogens (tertiary/aromatic N) is 3. The third-order valence-electron chi connectivity index (χ3n) is 4.10. The third kappa shape index (κ3) is 3.66. The van der Waals surface area contributed by atoms with E-state index in [-0.39, 0.29) is 12.5 Å². The van der Waals surface area contributed by atoms with Gasteiger partial charge < -0.3 is 9.47 Å². The lowest BCUT2D eigenvalue weighted by Gasteiger charge is -2.21. The van der Waals surface area contributed by atoms with Crippen LogP contribution in [-0.4, -0.2) is 54.3 Å². The summed E-state index contributed by atoms with van der Waals surface area (Å²) in [5, 5.41) is 5.18. The van der Waals surface area contributed by atoms with Gasteiger partial charge in [-0.3, -0.25) is 4.79 Å². The van der Waals surface area contributed by atoms with E-state index in [1.165, 1.54) is 4.31 Å². The minimum atomic E-state index is -3.71. The Hall–Kier alpha value is -2.16. The van der Waals surface area contributed by atoms with Crippen molar-refractivity contribution >= 4 is 16.1 Å². The van der Waals surface area contributed by atoms with Crippen molar-refractivity contribution in [3.05, 3.63) is 54.4 Å². The van der Waals surface area contributed by atoms with Gasteiger partial charge in [-0.25, -0.2) is 5.14 Å². The van der Waals surface area contributed by atoms with Crippen LogP contribution in [0.25, 0.3) is 5.69 Å². The Morgan fingerprint density at radius 2 is 1.75 bits per heavy atom. The van der Waals surface area contributed by atoms with E-state index in [4.69, 9.17) is 5.14 Å². The normalized spacial score (nSPS) is 16.8. The number of benzene rings is 1. The number of hydrogen-bond acceptors (Lipinski definition) is 3. The Labute approximate surface area is 141 Å². The molecule has 1 amide bonds. The fourth-order valence-corrected chi connectivity index (χ4v) is 3.56. The van der Waals surface area contributed by atoms with E-state index >= 15 is 0 Å². The fourth-order valence-electron chi connectivity index (χ4n) is 2.84. The summed E-state index contributed by atoms with van der Waals surface area (Å²) in [4.78, 5) is 14.4. The molecule has 1 aromatic carbocycles. The SMILES string of the molecule is NS(=O)(=O)N1CCCN(C(=O)c2cccc(-n3cccc3)c2)CC1. The van der Waals surface area contributed by atoms with Crippen LogP contribution in [0.5, 0.6) is 0 Å². The monoisotopic (exact) mass is 348 g/mol. The second kappa shape index (κ2) is 6.76. The maximum atomic E-state index is 12.7. The second-order valence-electron chi connectivity index (χ2n) is 5.73. The highest BCUT2D eigenvalue weighted by atomic mass is 32.2. The molecule has 1 saturated heterocycles. The largest absolute Gasteiger partial charge is 0.337 e. The minimum absolute atomic E-state index is 0.0970. The first kappa shape index (κ1) is 16.7. The highest BCUT2D eigenvalue weighted by Gasteiger charge is 2.24. The molecule has 0 spiro atoms. The van der Waals surface area contributed by atoms with E-state index in [2.05, 4.69) is 0 Å². The van der Waals surface area contributed by atoms with Gasteiger partial charge in [0.1, 0.15) is 0 Å². The smallest absolute Gasteiger partial charge is 0.276 e. The standard InChI is InChI=1S/C16H20N4O3S/c17-24(22,23)20-10-4-9-19(11-12-20)16(21)14-5-3-6-15(13-14)18-7-1-2-8-18/h1-3,5-8,13H,4,9-12H2,(H2,17,22,23). The molecule has 7 nitrogen and oxygen atoms in total. The van der Waals surface area contributed by atoms with Crippen LogP contribution in [0.1, 0.15) is 16.8 Å². The summed E-state index contributed by atoms with van der Waals surface area (Å²) in [6.45, 7) is 1.41. The van der Waals surface area contributed by atoms with Gasteiger partial charge in [-0.2, -0.15) is 12.7 Å². The molecule has 0 saturated carbocycles. The van der Waals surface area contributed by atoms with Crippen LogP contribution in [0.15, 0.2) is 48.8 Å². The Kier molecular flexibility index (Phi) is 4.70. The zero-order chi connectivity index (χ0) is 17.2. The van der Waals surface area contributed by atoms with Crippen molar-refractivity contribution in [2.24, 2.45) is 5.14 Å². The van der Waals surface area contributed by atoms with Crippen molar-refractivity contribution in [2.75, 3.05) is 26.2 Å². The molecule has 0 bridgehead atoms. The number of nitrogens with two attached hydrogens (primary N) is 1. The first-order valence-electron chi connectivity index (χ1n) is 7.76. The summed E-state index contributed by atoms with van der Waals surface area (Å²) in [5.74, 6) is -0.0970. The number of hydrogen-bond donors (Lipinski definition) is 1. The molecule has 0 unspecified atom stereocenters. The Morgan fingerprint density at radius 3 is 2.46 bits per heavy atom. The average Bonchev–Trinajstić information content (AvgIpc) is 2.97. The van der Waals surface area contributed by atoms with Crippen LogP contribution >= 0.6 is 0 Å². The lowest BCUT2D eigenvalue weighted by atomic mass is 10.1. The summed E-state index contributed by atoms with van der Waals surface area (Å²) >= 11 is 0. The topological polar surface area (TPSA) is 88.6 Å². The van der Waals surface area contributed by atoms with Gasteiger partial charge in [-0.1, -0.05) is 6.07 Å². The van der Waals surface area contributed by atoms with Crippen LogP contribution in [0, 0.1) is 0 Å². The molecule has 1 aliphatic heterocycles. The van der Waals surface area contributed by atoms with Crippen LogP contribution in [-0.2, 0) is 10.2 Å². The van der Waals surface area contributed by atoms with Crippen molar-refractivity contribution in [2.45, 2.75) is 6.42 Å². The van der Waals surface area contributed by atoms with E-state index in [0.29, 0.717) is 31.6 Å². The Bertz CT molecular complexity index is 818. The Balaban J connectivity index is 1.76. The molecule has 2 heterocycles. The molecule has 1 fully saturated rings. The van der Waals surface area contributed by atoms with Crippen molar-refractivity contribution in [3.8, 4) is 5.69 Å². The van der Waals surface area contributed by atoms with Crippen molar-refractivity contribution in [3.63, 3.8) is 0 Å². The number of carbonyl (C=O) groups is 1. The lowest BCUT2D eigenvalue weighted by Crippen LogP contribution is -2.40. The van der Waals surface area contributed by atoms with Crippen molar-refractivity contribution in [1.29, 1.82) is 0 Å². The molecular weight excluding hydrogens is 328 g/mol. The average molecular weight is 348 g/mol. The van der Waals surface area contributed by atoms with Gasteiger partial charge in [0.2, 0.25) is 0 Å². The van der Waals surface area contributed by atoms with Gasteiger partial charge in [0, 0.05) is 49.8 Å². The van der Waals surface area contributed by atoms with Gasteiger partial charge >= 0.3 is 0 Å². The molecule has 128 valence electrons. The zero-order valence-electron chi connectivity index (χ0n) is 13.2. The number of rotatable bonds is 3. The molecule has 2 aromatic rings. The molecule has 24 heavy (non-hydrogen) atoms. The third-order valence-corrected chi connectivity index (χ3v) is 5.18. The predicted octanol–water partition coefficient (Wildman–Crippen LogP) is 0.829. The van der Waals surface area contributed by atoms with E-state index in [1.807, 2.05) is 47.3 Å². The lowest BCUT2D eigenvalue weighted by molar-refractivity contribution is 0.0764. The van der Waals surface area contributed by atoms with Crippen LogP contribution in [0.3, 0.4) is 0 Å². The van der Waals surface area contributed by atoms with Gasteiger partial charge in [0.25, 0.3) is 16.1 Å². The summed E-state index contributed by atoms with van der Waals surface area (Å²) in [5.41, 5.74) is 1.50. The summed E-state index contributed by atoms with van der Waals surface area (Å²) < 4.78 is 26.1. The zero-order valence-corrected chi connectivity index (χ0v) is 14.0. The molecule has 2 N–H and O–H groups in total. The highest BCUT2D eigenvalue weighted by molar-refractivity contribution is 7.86. The van der Waals surface area contributed by atoms with Crippen LogP contribution in [0.4, 0.5) is 0 Å². The molecule has 0 atom stereocenters. The molecule has 0 radical (unpaired) electrons. The molecule has 8 heteroatoms. The van der Waals surface area contributed by atoms with Gasteiger partial charge in [-0.15, -0.1) is 0 Å². The molecular formula is C16H20N4O3S. The number of amides is 1. The molecule has 0 aliphatic carbocycles. The van der Waals surface area contributed by atoms with Gasteiger partial charge in [0.05, 0.1) is 0 Å². The van der Waals surface area contributed by atoms with Crippen LogP contribution < -0.4 is 5.14 Å². The van der Waals surface area contributed by atoms with E-state index in [0.717, 1.165) is 5.69 Å². The first-order valence-corrected chi connectivity index (χ1v) is 9.26. The second-order valence-corrected chi connectivity index (χ2v) is 7.28.